The second-order valence-electron chi connectivity index (χ2n) is 4.74. The van der Waals surface area contributed by atoms with E-state index in [0.717, 1.165) is 22.8 Å². The molecule has 0 aliphatic carbocycles. The minimum Gasteiger partial charge on any atom is -0.388 e. The molecule has 0 fully saturated rings. The quantitative estimate of drug-likeness (QED) is 0.890. The molecule has 0 heterocycles. The van der Waals surface area contributed by atoms with Crippen LogP contribution in [0.1, 0.15) is 28.4 Å². The molecule has 1 N–H and O–H groups in total. The maximum atomic E-state index is 13.6. The van der Waals surface area contributed by atoms with Crippen molar-refractivity contribution in [1.29, 1.82) is 0 Å². The molecule has 0 spiro atoms. The Labute approximate surface area is 111 Å². The summed E-state index contributed by atoms with van der Waals surface area (Å²) in [7, 11) is 0. The van der Waals surface area contributed by atoms with Crippen molar-refractivity contribution in [2.75, 3.05) is 0 Å². The van der Waals surface area contributed by atoms with Crippen LogP contribution in [0, 0.1) is 25.5 Å². The molecule has 2 aromatic rings. The lowest BCUT2D eigenvalue weighted by atomic mass is 9.95. The second kappa shape index (κ2) is 5.49. The minimum absolute atomic E-state index is 0.135. The molecule has 3 heteroatoms. The molecule has 0 radical (unpaired) electrons. The van der Waals surface area contributed by atoms with E-state index in [-0.39, 0.29) is 6.42 Å². The second-order valence-corrected chi connectivity index (χ2v) is 4.74. The van der Waals surface area contributed by atoms with E-state index in [9.17, 15) is 13.9 Å². The summed E-state index contributed by atoms with van der Waals surface area (Å²) < 4.78 is 26.4. The predicted octanol–water partition coefficient (Wildman–Crippen LogP) is 3.86. The lowest BCUT2D eigenvalue weighted by Gasteiger charge is -2.15. The molecule has 0 saturated carbocycles. The van der Waals surface area contributed by atoms with Crippen molar-refractivity contribution in [2.24, 2.45) is 0 Å². The van der Waals surface area contributed by atoms with Crippen LogP contribution in [0.15, 0.2) is 36.4 Å². The topological polar surface area (TPSA) is 20.2 Å². The third kappa shape index (κ3) is 2.99. The van der Waals surface area contributed by atoms with Crippen LogP contribution >= 0.6 is 0 Å². The van der Waals surface area contributed by atoms with Crippen molar-refractivity contribution in [2.45, 2.75) is 26.4 Å². The van der Waals surface area contributed by atoms with Crippen molar-refractivity contribution >= 4 is 0 Å². The zero-order valence-electron chi connectivity index (χ0n) is 11.0. The van der Waals surface area contributed by atoms with E-state index in [1.54, 1.807) is 0 Å². The van der Waals surface area contributed by atoms with Gasteiger partial charge in [-0.1, -0.05) is 24.3 Å². The molecule has 0 bridgehead atoms. The molecule has 0 aliphatic heterocycles. The number of rotatable bonds is 3. The first-order valence-corrected chi connectivity index (χ1v) is 6.17. The van der Waals surface area contributed by atoms with Gasteiger partial charge in [-0.25, -0.2) is 8.78 Å². The summed E-state index contributed by atoms with van der Waals surface area (Å²) in [5.74, 6) is -1.23. The van der Waals surface area contributed by atoms with Crippen molar-refractivity contribution in [1.82, 2.24) is 0 Å². The summed E-state index contributed by atoms with van der Waals surface area (Å²) in [6.45, 7) is 3.89. The molecule has 100 valence electrons. The summed E-state index contributed by atoms with van der Waals surface area (Å²) in [6.07, 6.45) is -0.656. The summed E-state index contributed by atoms with van der Waals surface area (Å²) in [5, 5.41) is 10.2. The summed E-state index contributed by atoms with van der Waals surface area (Å²) in [6, 6.07) is 9.07. The SMILES string of the molecule is Cc1cccc(C(O)Cc2ccc(F)cc2F)c1C. The third-order valence-electron chi connectivity index (χ3n) is 3.43. The Morgan fingerprint density at radius 2 is 1.84 bits per heavy atom. The van der Waals surface area contributed by atoms with Crippen molar-refractivity contribution in [3.8, 4) is 0 Å². The van der Waals surface area contributed by atoms with Crippen LogP contribution in [0.5, 0.6) is 0 Å². The monoisotopic (exact) mass is 262 g/mol. The maximum Gasteiger partial charge on any atom is 0.129 e. The summed E-state index contributed by atoms with van der Waals surface area (Å²) >= 11 is 0. The van der Waals surface area contributed by atoms with Crippen LogP contribution in [0.25, 0.3) is 0 Å². The van der Waals surface area contributed by atoms with Gasteiger partial charge >= 0.3 is 0 Å². The van der Waals surface area contributed by atoms with Crippen LogP contribution in [0.3, 0.4) is 0 Å². The lowest BCUT2D eigenvalue weighted by molar-refractivity contribution is 0.176. The molecule has 2 aromatic carbocycles. The molecule has 1 unspecified atom stereocenters. The first-order valence-electron chi connectivity index (χ1n) is 6.17. The van der Waals surface area contributed by atoms with E-state index in [4.69, 9.17) is 0 Å². The van der Waals surface area contributed by atoms with Gasteiger partial charge in [0.25, 0.3) is 0 Å². The highest BCUT2D eigenvalue weighted by Gasteiger charge is 2.14. The fraction of sp³-hybridized carbons (Fsp3) is 0.250. The largest absolute Gasteiger partial charge is 0.388 e. The predicted molar refractivity (Wildman–Crippen MR) is 70.9 cm³/mol. The molecule has 0 aliphatic rings. The fourth-order valence-corrected chi connectivity index (χ4v) is 2.14. The van der Waals surface area contributed by atoms with E-state index in [2.05, 4.69) is 0 Å². The van der Waals surface area contributed by atoms with E-state index < -0.39 is 17.7 Å². The van der Waals surface area contributed by atoms with Crippen molar-refractivity contribution in [3.63, 3.8) is 0 Å². The molecular weight excluding hydrogens is 246 g/mol. The van der Waals surface area contributed by atoms with Gasteiger partial charge in [0.1, 0.15) is 11.6 Å². The number of hydrogen-bond acceptors (Lipinski definition) is 1. The number of hydrogen-bond donors (Lipinski definition) is 1. The van der Waals surface area contributed by atoms with Gasteiger partial charge in [0, 0.05) is 12.5 Å². The van der Waals surface area contributed by atoms with E-state index in [1.807, 2.05) is 32.0 Å². The molecular formula is C16H16F2O. The zero-order valence-corrected chi connectivity index (χ0v) is 11.0. The van der Waals surface area contributed by atoms with Gasteiger partial charge < -0.3 is 5.11 Å². The van der Waals surface area contributed by atoms with Crippen LogP contribution in [0.4, 0.5) is 8.78 Å². The van der Waals surface area contributed by atoms with Crippen LogP contribution in [-0.4, -0.2) is 5.11 Å². The molecule has 0 saturated heterocycles. The van der Waals surface area contributed by atoms with Gasteiger partial charge in [-0.2, -0.15) is 0 Å². The Kier molecular flexibility index (Phi) is 3.96. The van der Waals surface area contributed by atoms with E-state index >= 15 is 0 Å². The van der Waals surface area contributed by atoms with Gasteiger partial charge in [0.2, 0.25) is 0 Å². The maximum absolute atomic E-state index is 13.6. The van der Waals surface area contributed by atoms with Gasteiger partial charge in [-0.15, -0.1) is 0 Å². The Morgan fingerprint density at radius 3 is 2.53 bits per heavy atom. The first-order chi connectivity index (χ1) is 8.99. The van der Waals surface area contributed by atoms with Crippen molar-refractivity contribution < 1.29 is 13.9 Å². The summed E-state index contributed by atoms with van der Waals surface area (Å²) in [5.41, 5.74) is 3.17. The average Bonchev–Trinajstić information content (AvgIpc) is 2.36. The number of aliphatic hydroxyl groups is 1. The van der Waals surface area contributed by atoms with Crippen molar-refractivity contribution in [3.05, 3.63) is 70.3 Å². The van der Waals surface area contributed by atoms with Gasteiger partial charge in [0.15, 0.2) is 0 Å². The Balaban J connectivity index is 2.25. The number of halogens is 2. The zero-order chi connectivity index (χ0) is 14.0. The lowest BCUT2D eigenvalue weighted by Crippen LogP contribution is -2.06. The summed E-state index contributed by atoms with van der Waals surface area (Å²) in [4.78, 5) is 0. The molecule has 0 amide bonds. The Bertz CT molecular complexity index is 593. The average molecular weight is 262 g/mol. The van der Waals surface area contributed by atoms with Crippen LogP contribution < -0.4 is 0 Å². The number of aryl methyl sites for hydroxylation is 1. The molecule has 0 aromatic heterocycles. The Morgan fingerprint density at radius 1 is 1.11 bits per heavy atom. The number of aliphatic hydroxyl groups excluding tert-OH is 1. The highest BCUT2D eigenvalue weighted by Crippen LogP contribution is 2.24. The van der Waals surface area contributed by atoms with Crippen LogP contribution in [-0.2, 0) is 6.42 Å². The van der Waals surface area contributed by atoms with Crippen LogP contribution in [0.2, 0.25) is 0 Å². The van der Waals surface area contributed by atoms with E-state index in [0.29, 0.717) is 5.56 Å². The number of benzene rings is 2. The highest BCUT2D eigenvalue weighted by molar-refractivity contribution is 5.35. The van der Waals surface area contributed by atoms with Gasteiger partial charge in [-0.05, 0) is 42.2 Å². The molecule has 2 rings (SSSR count). The molecule has 1 atom stereocenters. The normalized spacial score (nSPS) is 12.5. The smallest absolute Gasteiger partial charge is 0.129 e. The standard InChI is InChI=1S/C16H16F2O/c1-10-4-3-5-14(11(10)2)16(19)8-12-6-7-13(17)9-15(12)18/h3-7,9,16,19H,8H2,1-2H3. The van der Waals surface area contributed by atoms with E-state index in [1.165, 1.54) is 12.1 Å². The first kappa shape index (κ1) is 13.7. The van der Waals surface area contributed by atoms with Gasteiger partial charge in [-0.3, -0.25) is 0 Å². The fourth-order valence-electron chi connectivity index (χ4n) is 2.14. The third-order valence-corrected chi connectivity index (χ3v) is 3.43. The minimum atomic E-state index is -0.792. The van der Waals surface area contributed by atoms with Gasteiger partial charge in [0.05, 0.1) is 6.10 Å². The molecule has 1 nitrogen and oxygen atoms in total. The highest BCUT2D eigenvalue weighted by atomic mass is 19.1. The Hall–Kier alpha value is -1.74. The molecule has 19 heavy (non-hydrogen) atoms.